The molecule has 2 aromatic rings. The number of likely N-dealkylation sites (tertiary alicyclic amines) is 1. The number of nitrogens with zero attached hydrogens (tertiary/aromatic N) is 4. The van der Waals surface area contributed by atoms with Crippen LogP contribution in [0.2, 0.25) is 5.02 Å². The minimum Gasteiger partial charge on any atom is -0.501 e. The molecule has 12 heteroatoms. The van der Waals surface area contributed by atoms with Crippen LogP contribution in [0.15, 0.2) is 29.1 Å². The number of rotatable bonds is 5. The van der Waals surface area contributed by atoms with Crippen molar-refractivity contribution in [2.24, 2.45) is 0 Å². The largest absolute Gasteiger partial charge is 0.501 e. The zero-order valence-electron chi connectivity index (χ0n) is 18.0. The van der Waals surface area contributed by atoms with Gasteiger partial charge in [0.15, 0.2) is 5.69 Å². The van der Waals surface area contributed by atoms with Gasteiger partial charge in [-0.25, -0.2) is 0 Å². The molecule has 2 aliphatic rings. The second-order valence-corrected chi connectivity index (χ2v) is 8.71. The average Bonchev–Trinajstić information content (AvgIpc) is 3.26. The highest BCUT2D eigenvalue weighted by atomic mass is 35.5. The number of hydrogen-bond donors (Lipinski definition) is 1. The number of aromatic hydroxyl groups is 1. The van der Waals surface area contributed by atoms with Gasteiger partial charge in [0.25, 0.3) is 5.91 Å². The summed E-state index contributed by atoms with van der Waals surface area (Å²) in [6.45, 7) is -1.44. The fourth-order valence-electron chi connectivity index (χ4n) is 4.52. The van der Waals surface area contributed by atoms with Gasteiger partial charge < -0.3 is 19.5 Å². The van der Waals surface area contributed by atoms with E-state index >= 15 is 0 Å². The lowest BCUT2D eigenvalue weighted by Crippen LogP contribution is -2.47. The Hall–Kier alpha value is -3.08. The Morgan fingerprint density at radius 2 is 1.91 bits per heavy atom. The molecule has 1 aromatic heterocycles. The molecule has 0 radical (unpaired) electrons. The number of aromatic nitrogens is 2. The number of alkyl halides is 3. The van der Waals surface area contributed by atoms with Crippen LogP contribution < -0.4 is 5.56 Å². The molecule has 1 saturated heterocycles. The maximum Gasteiger partial charge on any atom is 0.406 e. The minimum absolute atomic E-state index is 0.0918. The van der Waals surface area contributed by atoms with Gasteiger partial charge in [-0.2, -0.15) is 18.2 Å². The molecule has 0 bridgehead atoms. The van der Waals surface area contributed by atoms with Crippen LogP contribution in [0.1, 0.15) is 47.2 Å². The molecule has 1 fully saturated rings. The SMILES string of the molecule is O=C1c2c(O)c(=O)nc([C@@H]3CCCN3C(=O)CCc3ccccc3Cl)n2CCN1CC(F)(F)F. The zero-order valence-corrected chi connectivity index (χ0v) is 18.8. The number of fused-ring (bicyclic) bond motifs is 1. The molecule has 0 aliphatic carbocycles. The number of aryl methyl sites for hydroxylation is 1. The van der Waals surface area contributed by atoms with E-state index in [1.807, 2.05) is 12.1 Å². The molecule has 34 heavy (non-hydrogen) atoms. The van der Waals surface area contributed by atoms with Crippen LogP contribution in [0.4, 0.5) is 13.2 Å². The summed E-state index contributed by atoms with van der Waals surface area (Å²) in [5.74, 6) is -2.19. The topological polar surface area (TPSA) is 95.7 Å². The van der Waals surface area contributed by atoms with E-state index in [0.29, 0.717) is 35.7 Å². The molecule has 1 N–H and O–H groups in total. The molecule has 0 unspecified atom stereocenters. The molecule has 1 atom stereocenters. The highest BCUT2D eigenvalue weighted by Crippen LogP contribution is 2.34. The quantitative estimate of drug-likeness (QED) is 0.684. The first-order valence-electron chi connectivity index (χ1n) is 10.8. The summed E-state index contributed by atoms with van der Waals surface area (Å²) < 4.78 is 39.9. The number of benzene rings is 1. The molecule has 1 aromatic carbocycles. The summed E-state index contributed by atoms with van der Waals surface area (Å²) in [5.41, 5.74) is -0.820. The molecule has 4 rings (SSSR count). The van der Waals surface area contributed by atoms with E-state index in [4.69, 9.17) is 11.6 Å². The third-order valence-corrected chi connectivity index (χ3v) is 6.45. The van der Waals surface area contributed by atoms with Gasteiger partial charge in [0, 0.05) is 31.1 Å². The summed E-state index contributed by atoms with van der Waals surface area (Å²) in [4.78, 5) is 44.1. The van der Waals surface area contributed by atoms with Gasteiger partial charge in [0.05, 0.1) is 6.04 Å². The molecule has 2 amide bonds. The van der Waals surface area contributed by atoms with Crippen LogP contribution in [0.3, 0.4) is 0 Å². The lowest BCUT2D eigenvalue weighted by molar-refractivity contribution is -0.141. The van der Waals surface area contributed by atoms with Crippen molar-refractivity contribution in [3.63, 3.8) is 0 Å². The number of carbonyl (C=O) groups is 2. The number of halogens is 4. The van der Waals surface area contributed by atoms with Crippen LogP contribution in [0.5, 0.6) is 5.75 Å². The Bertz CT molecular complexity index is 1180. The predicted molar refractivity (Wildman–Crippen MR) is 116 cm³/mol. The summed E-state index contributed by atoms with van der Waals surface area (Å²) >= 11 is 6.17. The van der Waals surface area contributed by atoms with Gasteiger partial charge in [-0.3, -0.25) is 14.4 Å². The van der Waals surface area contributed by atoms with Crippen LogP contribution in [-0.4, -0.2) is 62.1 Å². The summed E-state index contributed by atoms with van der Waals surface area (Å²) in [5, 5.41) is 10.7. The van der Waals surface area contributed by atoms with Gasteiger partial charge in [-0.05, 0) is 30.9 Å². The highest BCUT2D eigenvalue weighted by molar-refractivity contribution is 6.31. The van der Waals surface area contributed by atoms with Gasteiger partial charge >= 0.3 is 11.7 Å². The monoisotopic (exact) mass is 498 g/mol. The Labute approximate surface area is 197 Å². The molecular weight excluding hydrogens is 477 g/mol. The third kappa shape index (κ3) is 4.75. The number of amides is 2. The zero-order chi connectivity index (χ0) is 24.6. The standard InChI is InChI=1S/C22H22ClF3N4O4/c23-14-5-2-1-4-13(14)7-8-16(31)29-9-3-6-15(29)19-27-20(33)18(32)17-21(34)28(10-11-30(17)19)12-22(24,25)26/h1-2,4-5,15,32H,3,6-12H2/t15-/m0/s1. The fraction of sp³-hybridized carbons (Fsp3) is 0.455. The van der Waals surface area contributed by atoms with Crippen molar-refractivity contribution in [2.45, 2.75) is 44.4 Å². The van der Waals surface area contributed by atoms with Crippen molar-refractivity contribution in [1.29, 1.82) is 0 Å². The maximum absolute atomic E-state index is 13.0. The van der Waals surface area contributed by atoms with E-state index in [1.54, 1.807) is 17.0 Å². The molecule has 0 spiro atoms. The van der Waals surface area contributed by atoms with Gasteiger partial charge in [-0.15, -0.1) is 0 Å². The Balaban J connectivity index is 1.61. The van der Waals surface area contributed by atoms with Crippen molar-refractivity contribution in [3.05, 3.63) is 56.7 Å². The smallest absolute Gasteiger partial charge is 0.406 e. The van der Waals surface area contributed by atoms with Crippen molar-refractivity contribution < 1.29 is 27.9 Å². The van der Waals surface area contributed by atoms with E-state index in [9.17, 15) is 32.7 Å². The Kier molecular flexibility index (Phi) is 6.57. The molecule has 2 aliphatic heterocycles. The summed E-state index contributed by atoms with van der Waals surface area (Å²) in [6.07, 6.45) is -2.96. The normalized spacial score (nSPS) is 18.4. The van der Waals surface area contributed by atoms with Crippen molar-refractivity contribution in [3.8, 4) is 5.75 Å². The molecular formula is C22H22ClF3N4O4. The van der Waals surface area contributed by atoms with Gasteiger partial charge in [0.2, 0.25) is 11.7 Å². The fourth-order valence-corrected chi connectivity index (χ4v) is 4.75. The van der Waals surface area contributed by atoms with Gasteiger partial charge in [-0.1, -0.05) is 29.8 Å². The number of hydrogen-bond acceptors (Lipinski definition) is 5. The molecule has 0 saturated carbocycles. The van der Waals surface area contributed by atoms with Crippen molar-refractivity contribution in [2.75, 3.05) is 19.6 Å². The number of carbonyl (C=O) groups excluding carboxylic acids is 2. The lowest BCUT2D eigenvalue weighted by atomic mass is 10.1. The van der Waals surface area contributed by atoms with E-state index in [-0.39, 0.29) is 31.2 Å². The molecule has 8 nitrogen and oxygen atoms in total. The lowest BCUT2D eigenvalue weighted by Gasteiger charge is -2.34. The van der Waals surface area contributed by atoms with Crippen LogP contribution in [0, 0.1) is 0 Å². The van der Waals surface area contributed by atoms with Crippen LogP contribution in [0.25, 0.3) is 0 Å². The first-order chi connectivity index (χ1) is 16.1. The van der Waals surface area contributed by atoms with Crippen molar-refractivity contribution in [1.82, 2.24) is 19.4 Å². The summed E-state index contributed by atoms with van der Waals surface area (Å²) in [6, 6.07) is 6.54. The van der Waals surface area contributed by atoms with Crippen molar-refractivity contribution >= 4 is 23.4 Å². The van der Waals surface area contributed by atoms with Gasteiger partial charge in [0.1, 0.15) is 12.4 Å². The van der Waals surface area contributed by atoms with E-state index < -0.39 is 41.7 Å². The average molecular weight is 499 g/mol. The van der Waals surface area contributed by atoms with E-state index in [0.717, 1.165) is 5.56 Å². The third-order valence-electron chi connectivity index (χ3n) is 6.08. The second-order valence-electron chi connectivity index (χ2n) is 8.30. The highest BCUT2D eigenvalue weighted by Gasteiger charge is 2.40. The minimum atomic E-state index is -4.63. The first kappa shape index (κ1) is 24.1. The maximum atomic E-state index is 13.0. The van der Waals surface area contributed by atoms with E-state index in [1.165, 1.54) is 4.57 Å². The van der Waals surface area contributed by atoms with Crippen LogP contribution in [-0.2, 0) is 17.8 Å². The summed E-state index contributed by atoms with van der Waals surface area (Å²) in [7, 11) is 0. The molecule has 182 valence electrons. The second kappa shape index (κ2) is 9.28. The predicted octanol–water partition coefficient (Wildman–Crippen LogP) is 2.92. The molecule has 3 heterocycles. The first-order valence-corrected chi connectivity index (χ1v) is 11.2. The van der Waals surface area contributed by atoms with Crippen LogP contribution >= 0.6 is 11.6 Å². The Morgan fingerprint density at radius 1 is 1.18 bits per heavy atom. The van der Waals surface area contributed by atoms with E-state index in [2.05, 4.69) is 4.98 Å². The Morgan fingerprint density at radius 3 is 2.62 bits per heavy atom.